The summed E-state index contributed by atoms with van der Waals surface area (Å²) in [6.07, 6.45) is 1.47. The Morgan fingerprint density at radius 2 is 1.76 bits per heavy atom. The molecule has 0 atom stereocenters. The summed E-state index contributed by atoms with van der Waals surface area (Å²) in [4.78, 5) is 0.00918. The van der Waals surface area contributed by atoms with E-state index in [-0.39, 0.29) is 4.90 Å². The van der Waals surface area contributed by atoms with E-state index in [0.717, 1.165) is 5.56 Å². The molecular weight excluding hydrogens is 340 g/mol. The van der Waals surface area contributed by atoms with Crippen LogP contribution in [-0.2, 0) is 10.0 Å². The standard InChI is InChI=1S/C17H14N4O3S/c1-24-15-6-2-12(3-7-15)17-13(10-18)11-20-21(17)14-4-8-16(9-5-14)25(19,22)23/h2-9,11H,1H3,(H2,19,22,23). The van der Waals surface area contributed by atoms with Crippen LogP contribution in [-0.4, -0.2) is 25.3 Å². The van der Waals surface area contributed by atoms with Crippen molar-refractivity contribution in [2.24, 2.45) is 5.14 Å². The number of nitriles is 1. The average Bonchev–Trinajstić information content (AvgIpc) is 3.05. The first kappa shape index (κ1) is 16.7. The van der Waals surface area contributed by atoms with Crippen molar-refractivity contribution >= 4 is 10.0 Å². The maximum Gasteiger partial charge on any atom is 0.238 e. The Hall–Kier alpha value is -3.15. The van der Waals surface area contributed by atoms with Gasteiger partial charge in [-0.3, -0.25) is 0 Å². The molecule has 126 valence electrons. The number of nitrogens with two attached hydrogens (primary N) is 1. The molecule has 0 fully saturated rings. The molecule has 0 amide bonds. The fourth-order valence-electron chi connectivity index (χ4n) is 2.43. The number of aromatic nitrogens is 2. The van der Waals surface area contributed by atoms with Crippen molar-refractivity contribution in [3.05, 3.63) is 60.3 Å². The highest BCUT2D eigenvalue weighted by Crippen LogP contribution is 2.28. The summed E-state index contributed by atoms with van der Waals surface area (Å²) >= 11 is 0. The number of hydrogen-bond acceptors (Lipinski definition) is 5. The number of primary sulfonamides is 1. The number of methoxy groups -OCH3 is 1. The number of nitrogens with zero attached hydrogens (tertiary/aromatic N) is 3. The quantitative estimate of drug-likeness (QED) is 0.771. The molecule has 1 aromatic heterocycles. The molecule has 7 nitrogen and oxygen atoms in total. The van der Waals surface area contributed by atoms with Crippen molar-refractivity contribution in [3.8, 4) is 28.8 Å². The number of benzene rings is 2. The molecule has 0 unspecified atom stereocenters. The first-order chi connectivity index (χ1) is 11.9. The van der Waals surface area contributed by atoms with E-state index in [1.807, 2.05) is 12.1 Å². The van der Waals surface area contributed by atoms with Crippen LogP contribution in [0.1, 0.15) is 5.56 Å². The molecule has 0 saturated heterocycles. The molecule has 2 aromatic carbocycles. The van der Waals surface area contributed by atoms with Crippen LogP contribution in [0.3, 0.4) is 0 Å². The first-order valence-electron chi connectivity index (χ1n) is 7.20. The molecule has 0 spiro atoms. The molecule has 3 aromatic rings. The van der Waals surface area contributed by atoms with Gasteiger partial charge in [0, 0.05) is 5.56 Å². The van der Waals surface area contributed by atoms with E-state index in [1.54, 1.807) is 36.1 Å². The zero-order chi connectivity index (χ0) is 18.0. The van der Waals surface area contributed by atoms with E-state index in [2.05, 4.69) is 11.2 Å². The van der Waals surface area contributed by atoms with Gasteiger partial charge in [-0.05, 0) is 48.5 Å². The molecule has 0 saturated carbocycles. The number of sulfonamides is 1. The van der Waals surface area contributed by atoms with E-state index in [1.165, 1.54) is 18.3 Å². The average molecular weight is 354 g/mol. The van der Waals surface area contributed by atoms with Gasteiger partial charge in [0.25, 0.3) is 0 Å². The Balaban J connectivity index is 2.11. The predicted molar refractivity (Wildman–Crippen MR) is 91.6 cm³/mol. The van der Waals surface area contributed by atoms with Crippen LogP contribution in [0.2, 0.25) is 0 Å². The van der Waals surface area contributed by atoms with E-state index in [4.69, 9.17) is 9.88 Å². The Kier molecular flexibility index (Phi) is 4.27. The minimum Gasteiger partial charge on any atom is -0.497 e. The highest BCUT2D eigenvalue weighted by molar-refractivity contribution is 7.89. The molecule has 0 aliphatic carbocycles. The third kappa shape index (κ3) is 3.24. The monoisotopic (exact) mass is 354 g/mol. The molecule has 2 N–H and O–H groups in total. The van der Waals surface area contributed by atoms with Gasteiger partial charge in [0.15, 0.2) is 0 Å². The van der Waals surface area contributed by atoms with Gasteiger partial charge < -0.3 is 4.74 Å². The van der Waals surface area contributed by atoms with Crippen molar-refractivity contribution in [3.63, 3.8) is 0 Å². The summed E-state index contributed by atoms with van der Waals surface area (Å²) in [7, 11) is -2.19. The molecule has 0 radical (unpaired) electrons. The lowest BCUT2D eigenvalue weighted by molar-refractivity contribution is 0.415. The molecule has 0 aliphatic rings. The predicted octanol–water partition coefficient (Wildman–Crippen LogP) is 2.07. The second-order valence-electron chi connectivity index (χ2n) is 5.20. The lowest BCUT2D eigenvalue weighted by Crippen LogP contribution is -2.12. The van der Waals surface area contributed by atoms with Crippen molar-refractivity contribution in [2.75, 3.05) is 7.11 Å². The maximum atomic E-state index is 11.4. The van der Waals surface area contributed by atoms with Crippen molar-refractivity contribution < 1.29 is 13.2 Å². The van der Waals surface area contributed by atoms with E-state index < -0.39 is 10.0 Å². The van der Waals surface area contributed by atoms with Crippen molar-refractivity contribution in [2.45, 2.75) is 4.90 Å². The minimum absolute atomic E-state index is 0.00918. The number of ether oxygens (including phenoxy) is 1. The van der Waals surface area contributed by atoms with Gasteiger partial charge in [-0.1, -0.05) is 0 Å². The van der Waals surface area contributed by atoms with Gasteiger partial charge in [0.1, 0.15) is 11.8 Å². The van der Waals surface area contributed by atoms with Crippen LogP contribution < -0.4 is 9.88 Å². The molecule has 3 rings (SSSR count). The molecule has 25 heavy (non-hydrogen) atoms. The normalized spacial score (nSPS) is 11.1. The molecule has 1 heterocycles. The van der Waals surface area contributed by atoms with E-state index in [0.29, 0.717) is 22.7 Å². The van der Waals surface area contributed by atoms with Crippen LogP contribution >= 0.6 is 0 Å². The van der Waals surface area contributed by atoms with Gasteiger partial charge in [-0.2, -0.15) is 10.4 Å². The SMILES string of the molecule is COc1ccc(-c2c(C#N)cnn2-c2ccc(S(N)(=O)=O)cc2)cc1. The fraction of sp³-hybridized carbons (Fsp3) is 0.0588. The van der Waals surface area contributed by atoms with Gasteiger partial charge >= 0.3 is 0 Å². The third-order valence-corrected chi connectivity index (χ3v) is 4.59. The molecule has 0 bridgehead atoms. The lowest BCUT2D eigenvalue weighted by atomic mass is 10.1. The van der Waals surface area contributed by atoms with Gasteiger partial charge in [-0.15, -0.1) is 0 Å². The summed E-state index contributed by atoms with van der Waals surface area (Å²) in [5.74, 6) is 0.700. The summed E-state index contributed by atoms with van der Waals surface area (Å²) in [5, 5.41) is 18.7. The summed E-state index contributed by atoms with van der Waals surface area (Å²) < 4.78 is 29.5. The highest BCUT2D eigenvalue weighted by atomic mass is 32.2. The Morgan fingerprint density at radius 3 is 2.28 bits per heavy atom. The lowest BCUT2D eigenvalue weighted by Gasteiger charge is -2.09. The second-order valence-corrected chi connectivity index (χ2v) is 6.76. The Labute approximate surface area is 144 Å². The summed E-state index contributed by atoms with van der Waals surface area (Å²) in [5.41, 5.74) is 2.40. The summed E-state index contributed by atoms with van der Waals surface area (Å²) in [6.45, 7) is 0. The molecular formula is C17H14N4O3S. The smallest absolute Gasteiger partial charge is 0.238 e. The van der Waals surface area contributed by atoms with Crippen LogP contribution in [0.5, 0.6) is 5.75 Å². The van der Waals surface area contributed by atoms with Gasteiger partial charge in [0.05, 0.1) is 35.1 Å². The highest BCUT2D eigenvalue weighted by Gasteiger charge is 2.15. The van der Waals surface area contributed by atoms with Crippen molar-refractivity contribution in [1.82, 2.24) is 9.78 Å². The zero-order valence-corrected chi connectivity index (χ0v) is 14.1. The maximum absolute atomic E-state index is 11.4. The first-order valence-corrected chi connectivity index (χ1v) is 8.74. The molecule has 0 aliphatic heterocycles. The largest absolute Gasteiger partial charge is 0.497 e. The van der Waals surface area contributed by atoms with Crippen LogP contribution in [0.4, 0.5) is 0 Å². The Bertz CT molecular complexity index is 1050. The van der Waals surface area contributed by atoms with Gasteiger partial charge in [0.2, 0.25) is 10.0 Å². The van der Waals surface area contributed by atoms with Crippen LogP contribution in [0.15, 0.2) is 59.6 Å². The third-order valence-electron chi connectivity index (χ3n) is 3.66. The summed E-state index contributed by atoms with van der Waals surface area (Å²) in [6, 6.07) is 15.3. The fourth-order valence-corrected chi connectivity index (χ4v) is 2.95. The van der Waals surface area contributed by atoms with Gasteiger partial charge in [-0.25, -0.2) is 18.2 Å². The molecule has 8 heteroatoms. The van der Waals surface area contributed by atoms with Crippen LogP contribution in [0, 0.1) is 11.3 Å². The van der Waals surface area contributed by atoms with E-state index in [9.17, 15) is 13.7 Å². The minimum atomic E-state index is -3.77. The second kappa shape index (κ2) is 6.39. The topological polar surface area (TPSA) is 111 Å². The number of hydrogen-bond donors (Lipinski definition) is 1. The number of rotatable bonds is 4. The zero-order valence-electron chi connectivity index (χ0n) is 13.2. The van der Waals surface area contributed by atoms with Crippen molar-refractivity contribution in [1.29, 1.82) is 5.26 Å². The van der Waals surface area contributed by atoms with Crippen LogP contribution in [0.25, 0.3) is 16.9 Å². The Morgan fingerprint density at radius 1 is 1.12 bits per heavy atom. The van der Waals surface area contributed by atoms with E-state index >= 15 is 0 Å².